The molecule has 19 heavy (non-hydrogen) atoms. The zero-order valence-electron chi connectivity index (χ0n) is 11.5. The molecule has 0 aliphatic rings. The van der Waals surface area contributed by atoms with Gasteiger partial charge in [0.15, 0.2) is 0 Å². The predicted octanol–water partition coefficient (Wildman–Crippen LogP) is 4.44. The monoisotopic (exact) mass is 301 g/mol. The van der Waals surface area contributed by atoms with Crippen LogP contribution in [0.5, 0.6) is 0 Å². The topological polar surface area (TPSA) is 0 Å². The molecular formula is C13H17BF3SSi-. The Balaban J connectivity index is 3.24. The molecule has 0 fully saturated rings. The second kappa shape index (κ2) is 5.68. The Morgan fingerprint density at radius 1 is 1.21 bits per heavy atom. The molecular weight excluding hydrogens is 284 g/mol. The summed E-state index contributed by atoms with van der Waals surface area (Å²) < 4.78 is 37.7. The fourth-order valence-electron chi connectivity index (χ4n) is 1.60. The van der Waals surface area contributed by atoms with Gasteiger partial charge in [0.05, 0.1) is 0 Å². The van der Waals surface area contributed by atoms with Crippen molar-refractivity contribution < 1.29 is 12.9 Å². The first-order chi connectivity index (χ1) is 8.48. The second-order valence-electron chi connectivity index (χ2n) is 5.69. The van der Waals surface area contributed by atoms with E-state index in [4.69, 9.17) is 0 Å². The zero-order chi connectivity index (χ0) is 14.8. The third-order valence-corrected chi connectivity index (χ3v) is 3.66. The quantitative estimate of drug-likeness (QED) is 0.466. The minimum atomic E-state index is -4.84. The van der Waals surface area contributed by atoms with Crippen LogP contribution in [0.1, 0.15) is 16.7 Å². The summed E-state index contributed by atoms with van der Waals surface area (Å²) in [6, 6.07) is 3.21. The molecule has 0 radical (unpaired) electrons. The van der Waals surface area contributed by atoms with Gasteiger partial charge in [0.1, 0.15) is 8.07 Å². The van der Waals surface area contributed by atoms with Crippen LogP contribution in [0.3, 0.4) is 0 Å². The van der Waals surface area contributed by atoms with E-state index in [0.717, 1.165) is 0 Å². The van der Waals surface area contributed by atoms with Gasteiger partial charge in [-0.15, -0.1) is 18.2 Å². The van der Waals surface area contributed by atoms with Gasteiger partial charge in [0, 0.05) is 10.5 Å². The van der Waals surface area contributed by atoms with Gasteiger partial charge < -0.3 is 12.9 Å². The molecule has 0 N–H and O–H groups in total. The van der Waals surface area contributed by atoms with Crippen LogP contribution >= 0.6 is 12.6 Å². The van der Waals surface area contributed by atoms with E-state index in [9.17, 15) is 12.9 Å². The Labute approximate surface area is 119 Å². The highest BCUT2D eigenvalue weighted by atomic mass is 32.1. The Morgan fingerprint density at radius 3 is 2.26 bits per heavy atom. The largest absolute Gasteiger partial charge is 0.482 e. The standard InChI is InChI=1S/C13H17BF3SSi/c1-10-11(5-6-19(2,3)4)7-13(18)8-12(10)9-14(15,16)17/h7-8,18H,9H2,1-4H3/q-1. The first-order valence-electron chi connectivity index (χ1n) is 6.04. The molecule has 0 atom stereocenters. The van der Waals surface area contributed by atoms with Crippen LogP contribution < -0.4 is 0 Å². The molecule has 0 aliphatic heterocycles. The van der Waals surface area contributed by atoms with Crippen molar-refractivity contribution in [3.8, 4) is 11.5 Å². The molecule has 1 aromatic carbocycles. The van der Waals surface area contributed by atoms with E-state index in [0.29, 0.717) is 16.0 Å². The molecule has 0 aromatic heterocycles. The molecule has 0 nitrogen and oxygen atoms in total. The molecule has 0 saturated heterocycles. The summed E-state index contributed by atoms with van der Waals surface area (Å²) in [5.74, 6) is 3.02. The molecule has 1 rings (SSSR count). The van der Waals surface area contributed by atoms with Crippen molar-refractivity contribution in [2.24, 2.45) is 0 Å². The van der Waals surface area contributed by atoms with E-state index in [1.165, 1.54) is 6.07 Å². The van der Waals surface area contributed by atoms with E-state index < -0.39 is 21.4 Å². The summed E-state index contributed by atoms with van der Waals surface area (Å²) in [4.78, 5) is 0.528. The van der Waals surface area contributed by atoms with Crippen molar-refractivity contribution in [2.45, 2.75) is 37.8 Å². The normalized spacial score (nSPS) is 12.0. The molecule has 0 aliphatic carbocycles. The van der Waals surface area contributed by atoms with Gasteiger partial charge in [-0.3, -0.25) is 0 Å². The lowest BCUT2D eigenvalue weighted by atomic mass is 9.79. The average molecular weight is 301 g/mol. The van der Waals surface area contributed by atoms with Gasteiger partial charge in [-0.05, 0) is 24.6 Å². The fourth-order valence-corrected chi connectivity index (χ4v) is 2.40. The van der Waals surface area contributed by atoms with Crippen LogP contribution in [-0.4, -0.2) is 15.1 Å². The first-order valence-corrected chi connectivity index (χ1v) is 9.99. The summed E-state index contributed by atoms with van der Waals surface area (Å²) in [5.41, 5.74) is 4.72. The van der Waals surface area contributed by atoms with Crippen molar-refractivity contribution >= 4 is 27.7 Å². The summed E-state index contributed by atoms with van der Waals surface area (Å²) in [6.45, 7) is 3.14. The Kier molecular flexibility index (Phi) is 4.86. The average Bonchev–Trinajstić information content (AvgIpc) is 2.17. The minimum Gasteiger partial charge on any atom is -0.449 e. The highest BCUT2D eigenvalue weighted by Gasteiger charge is 2.24. The molecule has 0 spiro atoms. The Morgan fingerprint density at radius 2 is 1.79 bits per heavy atom. The third kappa shape index (κ3) is 5.79. The highest BCUT2D eigenvalue weighted by Crippen LogP contribution is 2.24. The smallest absolute Gasteiger partial charge is 0.449 e. The lowest BCUT2D eigenvalue weighted by Gasteiger charge is -2.17. The molecule has 0 bridgehead atoms. The highest BCUT2D eigenvalue weighted by molar-refractivity contribution is 7.80. The van der Waals surface area contributed by atoms with Gasteiger partial charge in [0.25, 0.3) is 0 Å². The maximum Gasteiger partial charge on any atom is 0.482 e. The van der Waals surface area contributed by atoms with Crippen LogP contribution in [0.25, 0.3) is 0 Å². The SMILES string of the molecule is Cc1c(C#C[Si](C)(C)C)cc(S)cc1C[B-](F)(F)F. The van der Waals surface area contributed by atoms with Crippen molar-refractivity contribution in [1.82, 2.24) is 0 Å². The molecule has 0 unspecified atom stereocenters. The van der Waals surface area contributed by atoms with Crippen molar-refractivity contribution in [2.75, 3.05) is 0 Å². The fraction of sp³-hybridized carbons (Fsp3) is 0.385. The van der Waals surface area contributed by atoms with Crippen LogP contribution in [0.4, 0.5) is 12.9 Å². The Hall–Kier alpha value is -0.798. The number of rotatable bonds is 2. The Bertz CT molecular complexity index is 536. The second-order valence-corrected chi connectivity index (χ2v) is 11.0. The summed E-state index contributed by atoms with van der Waals surface area (Å²) in [6.07, 6.45) is -0.873. The molecule has 6 heteroatoms. The molecule has 0 heterocycles. The predicted molar refractivity (Wildman–Crippen MR) is 81.4 cm³/mol. The summed E-state index contributed by atoms with van der Waals surface area (Å²) in [7, 11) is -1.55. The van der Waals surface area contributed by atoms with E-state index in [1.54, 1.807) is 13.0 Å². The number of halogens is 3. The zero-order valence-corrected chi connectivity index (χ0v) is 13.4. The van der Waals surface area contributed by atoms with Gasteiger partial charge in [-0.1, -0.05) is 37.4 Å². The summed E-state index contributed by atoms with van der Waals surface area (Å²) in [5, 5.41) is 0. The maximum absolute atomic E-state index is 12.6. The van der Waals surface area contributed by atoms with E-state index in [2.05, 4.69) is 43.7 Å². The van der Waals surface area contributed by atoms with Crippen LogP contribution in [-0.2, 0) is 6.32 Å². The molecule has 0 saturated carbocycles. The third-order valence-electron chi connectivity index (χ3n) is 2.52. The van der Waals surface area contributed by atoms with Crippen LogP contribution in [0, 0.1) is 18.4 Å². The van der Waals surface area contributed by atoms with Crippen molar-refractivity contribution in [3.63, 3.8) is 0 Å². The summed E-state index contributed by atoms with van der Waals surface area (Å²) >= 11 is 4.17. The van der Waals surface area contributed by atoms with Crippen molar-refractivity contribution in [3.05, 3.63) is 28.8 Å². The van der Waals surface area contributed by atoms with Gasteiger partial charge in [0.2, 0.25) is 0 Å². The van der Waals surface area contributed by atoms with Crippen LogP contribution in [0.15, 0.2) is 17.0 Å². The minimum absolute atomic E-state index is 0.278. The van der Waals surface area contributed by atoms with E-state index in [-0.39, 0.29) is 5.56 Å². The van der Waals surface area contributed by atoms with Crippen LogP contribution in [0.2, 0.25) is 19.6 Å². The van der Waals surface area contributed by atoms with Crippen molar-refractivity contribution in [1.29, 1.82) is 0 Å². The molecule has 0 amide bonds. The number of hydrogen-bond acceptors (Lipinski definition) is 1. The van der Waals surface area contributed by atoms with Gasteiger partial charge in [-0.2, -0.15) is 0 Å². The lowest BCUT2D eigenvalue weighted by molar-refractivity contribution is 0.468. The number of benzene rings is 1. The number of thiol groups is 1. The molecule has 104 valence electrons. The van der Waals surface area contributed by atoms with E-state index in [1.807, 2.05) is 0 Å². The first kappa shape index (κ1) is 16.3. The van der Waals surface area contributed by atoms with Gasteiger partial charge >= 0.3 is 6.98 Å². The lowest BCUT2D eigenvalue weighted by Crippen LogP contribution is -2.20. The van der Waals surface area contributed by atoms with Gasteiger partial charge in [-0.25, -0.2) is 0 Å². The maximum atomic E-state index is 12.6. The molecule has 1 aromatic rings. The van der Waals surface area contributed by atoms with E-state index >= 15 is 0 Å². The number of hydrogen-bond donors (Lipinski definition) is 1.